The zero-order valence-electron chi connectivity index (χ0n) is 12.1. The lowest BCUT2D eigenvalue weighted by Gasteiger charge is -2.19. The molecule has 0 heterocycles. The second-order valence-electron chi connectivity index (χ2n) is 5.32. The topological polar surface area (TPSA) is 72.2 Å². The molecule has 0 fully saturated rings. The Bertz CT molecular complexity index is 615. The predicted molar refractivity (Wildman–Crippen MR) is 74.0 cm³/mol. The molecule has 22 heavy (non-hydrogen) atoms. The summed E-state index contributed by atoms with van der Waals surface area (Å²) in [6.45, 7) is 3.72. The van der Waals surface area contributed by atoms with E-state index in [4.69, 9.17) is 5.73 Å². The zero-order chi connectivity index (χ0) is 17.1. The summed E-state index contributed by atoms with van der Waals surface area (Å²) in [6.07, 6.45) is -4.54. The molecule has 0 aliphatic rings. The Morgan fingerprint density at radius 2 is 1.86 bits per heavy atom. The van der Waals surface area contributed by atoms with E-state index < -0.39 is 38.5 Å². The van der Waals surface area contributed by atoms with Gasteiger partial charge in [0, 0.05) is 12.6 Å². The summed E-state index contributed by atoms with van der Waals surface area (Å²) >= 11 is 0. The second-order valence-corrected chi connectivity index (χ2v) is 7.04. The van der Waals surface area contributed by atoms with E-state index >= 15 is 0 Å². The molecule has 0 aliphatic carbocycles. The van der Waals surface area contributed by atoms with E-state index in [1.807, 2.05) is 13.8 Å². The van der Waals surface area contributed by atoms with Crippen LogP contribution in [0.4, 0.5) is 17.6 Å². The SMILES string of the molecule is CC(C)CC(CN)NS(=O)(=O)c1ccc(F)c(C(F)(F)F)c1. The fraction of sp³-hybridized carbons (Fsp3) is 0.538. The van der Waals surface area contributed by atoms with Crippen LogP contribution in [0.15, 0.2) is 23.1 Å². The molecule has 0 aromatic heterocycles. The third-order valence-corrected chi connectivity index (χ3v) is 4.43. The Kier molecular flexibility index (Phi) is 5.94. The van der Waals surface area contributed by atoms with Crippen molar-refractivity contribution in [3.8, 4) is 0 Å². The highest BCUT2D eigenvalue weighted by Crippen LogP contribution is 2.32. The first kappa shape index (κ1) is 18.9. The number of nitrogens with two attached hydrogens (primary N) is 1. The van der Waals surface area contributed by atoms with Gasteiger partial charge in [-0.15, -0.1) is 0 Å². The van der Waals surface area contributed by atoms with E-state index in [0.29, 0.717) is 12.5 Å². The van der Waals surface area contributed by atoms with Crippen molar-refractivity contribution < 1.29 is 26.0 Å². The molecule has 0 spiro atoms. The van der Waals surface area contributed by atoms with Crippen LogP contribution in [-0.4, -0.2) is 21.0 Å². The quantitative estimate of drug-likeness (QED) is 0.780. The molecule has 9 heteroatoms. The average Bonchev–Trinajstić information content (AvgIpc) is 2.35. The van der Waals surface area contributed by atoms with Crippen molar-refractivity contribution in [3.63, 3.8) is 0 Å². The van der Waals surface area contributed by atoms with Crippen molar-refractivity contribution in [2.45, 2.75) is 37.4 Å². The summed E-state index contributed by atoms with van der Waals surface area (Å²) in [7, 11) is -4.21. The number of benzene rings is 1. The minimum absolute atomic E-state index is 0.00470. The summed E-state index contributed by atoms with van der Waals surface area (Å²) in [6, 6.07) is 0.942. The Morgan fingerprint density at radius 1 is 1.27 bits per heavy atom. The molecule has 1 atom stereocenters. The maximum Gasteiger partial charge on any atom is 0.419 e. The fourth-order valence-electron chi connectivity index (χ4n) is 1.94. The van der Waals surface area contributed by atoms with Crippen molar-refractivity contribution in [2.24, 2.45) is 11.7 Å². The minimum Gasteiger partial charge on any atom is -0.329 e. The van der Waals surface area contributed by atoms with Crippen molar-refractivity contribution >= 4 is 10.0 Å². The van der Waals surface area contributed by atoms with Gasteiger partial charge in [0.1, 0.15) is 5.82 Å². The van der Waals surface area contributed by atoms with Gasteiger partial charge in [-0.3, -0.25) is 0 Å². The van der Waals surface area contributed by atoms with E-state index in [1.165, 1.54) is 0 Å². The molecular formula is C13H18F4N2O2S. The van der Waals surface area contributed by atoms with Gasteiger partial charge in [-0.2, -0.15) is 13.2 Å². The Labute approximate surface area is 126 Å². The number of hydrogen-bond donors (Lipinski definition) is 2. The highest BCUT2D eigenvalue weighted by atomic mass is 32.2. The van der Waals surface area contributed by atoms with Gasteiger partial charge in [0.2, 0.25) is 10.0 Å². The summed E-state index contributed by atoms with van der Waals surface area (Å²) in [4.78, 5) is -0.650. The first-order chi connectivity index (χ1) is 9.97. The molecule has 1 unspecified atom stereocenters. The minimum atomic E-state index is -4.97. The highest BCUT2D eigenvalue weighted by Gasteiger charge is 2.35. The van der Waals surface area contributed by atoms with Crippen LogP contribution in [0.3, 0.4) is 0 Å². The zero-order valence-corrected chi connectivity index (χ0v) is 12.9. The highest BCUT2D eigenvalue weighted by molar-refractivity contribution is 7.89. The maximum atomic E-state index is 13.2. The lowest BCUT2D eigenvalue weighted by Crippen LogP contribution is -2.41. The normalized spacial score (nSPS) is 14.4. The molecular weight excluding hydrogens is 324 g/mol. The molecule has 3 N–H and O–H groups in total. The third-order valence-electron chi connectivity index (χ3n) is 2.92. The number of nitrogens with one attached hydrogen (secondary N) is 1. The van der Waals surface area contributed by atoms with Crippen LogP contribution < -0.4 is 10.5 Å². The molecule has 0 aliphatic heterocycles. The largest absolute Gasteiger partial charge is 0.419 e. The monoisotopic (exact) mass is 342 g/mol. The smallest absolute Gasteiger partial charge is 0.329 e. The summed E-state index contributed by atoms with van der Waals surface area (Å²) in [5.74, 6) is -1.38. The first-order valence-electron chi connectivity index (χ1n) is 6.56. The fourth-order valence-corrected chi connectivity index (χ4v) is 3.23. The van der Waals surface area contributed by atoms with E-state index in [2.05, 4.69) is 4.72 Å². The second kappa shape index (κ2) is 6.93. The third kappa shape index (κ3) is 4.92. The Morgan fingerprint density at radius 3 is 2.32 bits per heavy atom. The van der Waals surface area contributed by atoms with Crippen molar-refractivity contribution in [1.82, 2.24) is 4.72 Å². The molecule has 126 valence electrons. The van der Waals surface area contributed by atoms with Gasteiger partial charge in [0.25, 0.3) is 0 Å². The standard InChI is InChI=1S/C13H18F4N2O2S/c1-8(2)5-9(7-18)19-22(20,21)10-3-4-12(14)11(6-10)13(15,16)17/h3-4,6,8-9,19H,5,7,18H2,1-2H3. The number of rotatable bonds is 6. The summed E-state index contributed by atoms with van der Waals surface area (Å²) in [5.41, 5.74) is 3.84. The molecule has 1 rings (SSSR count). The molecule has 1 aromatic rings. The molecule has 0 saturated heterocycles. The van der Waals surface area contributed by atoms with Crippen LogP contribution in [0, 0.1) is 11.7 Å². The predicted octanol–water partition coefficient (Wildman–Crippen LogP) is 2.50. The van der Waals surface area contributed by atoms with Gasteiger partial charge >= 0.3 is 6.18 Å². The lowest BCUT2D eigenvalue weighted by atomic mass is 10.1. The number of alkyl halides is 3. The number of halogens is 4. The molecule has 1 aromatic carbocycles. The Hall–Kier alpha value is -1.19. The van der Waals surface area contributed by atoms with Gasteiger partial charge in [-0.05, 0) is 30.5 Å². The summed E-state index contributed by atoms with van der Waals surface area (Å²) in [5, 5.41) is 0. The van der Waals surface area contributed by atoms with Crippen molar-refractivity contribution in [3.05, 3.63) is 29.6 Å². The van der Waals surface area contributed by atoms with E-state index in [1.54, 1.807) is 0 Å². The van der Waals surface area contributed by atoms with E-state index in [0.717, 1.165) is 6.07 Å². The van der Waals surface area contributed by atoms with Crippen LogP contribution in [0.5, 0.6) is 0 Å². The van der Waals surface area contributed by atoms with Gasteiger partial charge in [-0.25, -0.2) is 17.5 Å². The molecule has 0 saturated carbocycles. The van der Waals surface area contributed by atoms with Gasteiger partial charge in [0.15, 0.2) is 0 Å². The van der Waals surface area contributed by atoms with Crippen molar-refractivity contribution in [2.75, 3.05) is 6.54 Å². The van der Waals surface area contributed by atoms with Crippen LogP contribution in [0.25, 0.3) is 0 Å². The molecule has 0 amide bonds. The van der Waals surface area contributed by atoms with Crippen LogP contribution in [0.2, 0.25) is 0 Å². The van der Waals surface area contributed by atoms with Gasteiger partial charge in [-0.1, -0.05) is 13.8 Å². The van der Waals surface area contributed by atoms with Crippen LogP contribution >= 0.6 is 0 Å². The average molecular weight is 342 g/mol. The Balaban J connectivity index is 3.13. The van der Waals surface area contributed by atoms with E-state index in [-0.39, 0.29) is 18.5 Å². The van der Waals surface area contributed by atoms with Gasteiger partial charge < -0.3 is 5.73 Å². The summed E-state index contributed by atoms with van der Waals surface area (Å²) < 4.78 is 77.6. The molecule has 0 radical (unpaired) electrons. The lowest BCUT2D eigenvalue weighted by molar-refractivity contribution is -0.140. The van der Waals surface area contributed by atoms with Gasteiger partial charge in [0.05, 0.1) is 10.5 Å². The van der Waals surface area contributed by atoms with Crippen LogP contribution in [0.1, 0.15) is 25.8 Å². The maximum absolute atomic E-state index is 13.2. The van der Waals surface area contributed by atoms with Crippen LogP contribution in [-0.2, 0) is 16.2 Å². The first-order valence-corrected chi connectivity index (χ1v) is 8.05. The van der Waals surface area contributed by atoms with Crippen molar-refractivity contribution in [1.29, 1.82) is 0 Å². The van der Waals surface area contributed by atoms with E-state index in [9.17, 15) is 26.0 Å². The molecule has 0 bridgehead atoms. The number of sulfonamides is 1. The number of hydrogen-bond acceptors (Lipinski definition) is 3. The molecule has 4 nitrogen and oxygen atoms in total.